The van der Waals surface area contributed by atoms with E-state index < -0.39 is 0 Å². The van der Waals surface area contributed by atoms with Gasteiger partial charge < -0.3 is 13.7 Å². The number of fused-ring (bicyclic) bond motifs is 10. The van der Waals surface area contributed by atoms with E-state index in [0.717, 1.165) is 66.4 Å². The molecule has 8 aromatic carbocycles. The highest BCUT2D eigenvalue weighted by Gasteiger charge is 2.20. The summed E-state index contributed by atoms with van der Waals surface area (Å²) in [7, 11) is 0. The predicted molar refractivity (Wildman–Crippen MR) is 219 cm³/mol. The van der Waals surface area contributed by atoms with Gasteiger partial charge in [0, 0.05) is 48.4 Å². The molecule has 0 aliphatic carbocycles. The van der Waals surface area contributed by atoms with Gasteiger partial charge >= 0.3 is 0 Å². The molecule has 0 radical (unpaired) electrons. The first-order valence-corrected chi connectivity index (χ1v) is 18.3. The first-order chi connectivity index (χ1) is 25.8. The summed E-state index contributed by atoms with van der Waals surface area (Å²) < 4.78 is 15.2. The lowest BCUT2D eigenvalue weighted by molar-refractivity contribution is 0.663. The van der Waals surface area contributed by atoms with E-state index in [4.69, 9.17) is 8.83 Å². The van der Waals surface area contributed by atoms with Crippen LogP contribution in [0.25, 0.3) is 86.3 Å². The number of thiophene rings is 1. The monoisotopic (exact) mass is 683 g/mol. The molecule has 0 amide bonds. The van der Waals surface area contributed by atoms with Gasteiger partial charge in [-0.1, -0.05) is 109 Å². The summed E-state index contributed by atoms with van der Waals surface area (Å²) in [5.41, 5.74) is 11.5. The number of furan rings is 2. The zero-order valence-electron chi connectivity index (χ0n) is 27.9. The molecular formula is C48H29NO2S. The van der Waals surface area contributed by atoms with Gasteiger partial charge in [-0.3, -0.25) is 0 Å². The molecule has 4 heteroatoms. The number of rotatable bonds is 5. The van der Waals surface area contributed by atoms with Gasteiger partial charge in [0.1, 0.15) is 22.3 Å². The highest BCUT2D eigenvalue weighted by Crippen LogP contribution is 2.46. The van der Waals surface area contributed by atoms with Crippen molar-refractivity contribution in [3.05, 3.63) is 176 Å². The summed E-state index contributed by atoms with van der Waals surface area (Å²) in [6, 6.07) is 62.5. The zero-order chi connectivity index (χ0) is 34.2. The molecule has 0 aliphatic heterocycles. The molecule has 3 heterocycles. The fourth-order valence-electron chi connectivity index (χ4n) is 7.83. The number of hydrogen-bond acceptors (Lipinski definition) is 4. The Morgan fingerprint density at radius 3 is 1.67 bits per heavy atom. The number of para-hydroxylation sites is 1. The van der Waals surface area contributed by atoms with E-state index in [9.17, 15) is 0 Å². The topological polar surface area (TPSA) is 29.5 Å². The Morgan fingerprint density at radius 1 is 0.365 bits per heavy atom. The molecule has 52 heavy (non-hydrogen) atoms. The molecule has 0 fully saturated rings. The van der Waals surface area contributed by atoms with E-state index in [1.54, 1.807) is 0 Å². The highest BCUT2D eigenvalue weighted by atomic mass is 32.1. The van der Waals surface area contributed by atoms with Crippen LogP contribution in [0.3, 0.4) is 0 Å². The molecule has 0 aliphatic rings. The van der Waals surface area contributed by atoms with Crippen LogP contribution in [0, 0.1) is 0 Å². The smallest absolute Gasteiger partial charge is 0.136 e. The zero-order valence-corrected chi connectivity index (χ0v) is 28.7. The number of anilines is 3. The van der Waals surface area contributed by atoms with E-state index in [-0.39, 0.29) is 0 Å². The first kappa shape index (κ1) is 29.1. The van der Waals surface area contributed by atoms with Crippen molar-refractivity contribution in [3.8, 4) is 22.3 Å². The van der Waals surface area contributed by atoms with Crippen LogP contribution < -0.4 is 4.90 Å². The van der Waals surface area contributed by atoms with Gasteiger partial charge in [-0.15, -0.1) is 11.3 Å². The van der Waals surface area contributed by atoms with Crippen LogP contribution in [0.4, 0.5) is 17.1 Å². The molecule has 3 aromatic heterocycles. The predicted octanol–water partition coefficient (Wildman–Crippen LogP) is 14.7. The quantitative estimate of drug-likeness (QED) is 0.181. The Balaban J connectivity index is 1.02. The van der Waals surface area contributed by atoms with E-state index in [1.165, 1.54) is 37.0 Å². The lowest BCUT2D eigenvalue weighted by Crippen LogP contribution is -2.10. The van der Waals surface area contributed by atoms with Crippen molar-refractivity contribution in [1.82, 2.24) is 0 Å². The van der Waals surface area contributed by atoms with E-state index in [2.05, 4.69) is 157 Å². The molecule has 0 N–H and O–H groups in total. The van der Waals surface area contributed by atoms with Gasteiger partial charge in [-0.05, 0) is 89.0 Å². The van der Waals surface area contributed by atoms with Gasteiger partial charge in [0.25, 0.3) is 0 Å². The van der Waals surface area contributed by atoms with Crippen molar-refractivity contribution in [1.29, 1.82) is 0 Å². The number of hydrogen-bond donors (Lipinski definition) is 0. The fraction of sp³-hybridized carbons (Fsp3) is 0. The van der Waals surface area contributed by atoms with Crippen LogP contribution in [-0.2, 0) is 0 Å². The molecule has 244 valence electrons. The van der Waals surface area contributed by atoms with Crippen LogP contribution in [-0.4, -0.2) is 0 Å². The third-order valence-electron chi connectivity index (χ3n) is 10.3. The van der Waals surface area contributed by atoms with E-state index in [0.29, 0.717) is 0 Å². The lowest BCUT2D eigenvalue weighted by atomic mass is 10.0. The molecule has 0 saturated carbocycles. The summed E-state index contributed by atoms with van der Waals surface area (Å²) >= 11 is 1.85. The summed E-state index contributed by atoms with van der Waals surface area (Å²) in [4.78, 5) is 2.39. The lowest BCUT2D eigenvalue weighted by Gasteiger charge is -2.26. The molecule has 0 saturated heterocycles. The molecular weight excluding hydrogens is 655 g/mol. The van der Waals surface area contributed by atoms with Gasteiger partial charge in [0.15, 0.2) is 0 Å². The Hall–Kier alpha value is -6.62. The fourth-order valence-corrected chi connectivity index (χ4v) is 9.04. The summed E-state index contributed by atoms with van der Waals surface area (Å²) in [6.45, 7) is 0. The van der Waals surface area contributed by atoms with Gasteiger partial charge in [-0.2, -0.15) is 0 Å². The minimum absolute atomic E-state index is 0.867. The van der Waals surface area contributed by atoms with Crippen LogP contribution >= 0.6 is 11.3 Å². The summed E-state index contributed by atoms with van der Waals surface area (Å²) in [5.74, 6) is 0. The van der Waals surface area contributed by atoms with Crippen LogP contribution in [0.2, 0.25) is 0 Å². The molecule has 11 aromatic rings. The van der Waals surface area contributed by atoms with Crippen molar-refractivity contribution < 1.29 is 8.83 Å². The van der Waals surface area contributed by atoms with E-state index >= 15 is 0 Å². The second kappa shape index (κ2) is 11.5. The second-order valence-electron chi connectivity index (χ2n) is 13.3. The minimum atomic E-state index is 0.867. The number of benzene rings is 8. The summed E-state index contributed by atoms with van der Waals surface area (Å²) in [5, 5.41) is 6.98. The van der Waals surface area contributed by atoms with Gasteiger partial charge in [0.2, 0.25) is 0 Å². The van der Waals surface area contributed by atoms with Gasteiger partial charge in [0.05, 0.1) is 10.4 Å². The molecule has 0 spiro atoms. The van der Waals surface area contributed by atoms with Crippen LogP contribution in [0.1, 0.15) is 0 Å². The molecule has 0 unspecified atom stereocenters. The largest absolute Gasteiger partial charge is 0.456 e. The average molecular weight is 684 g/mol. The average Bonchev–Trinajstić information content (AvgIpc) is 3.90. The molecule has 0 bridgehead atoms. The van der Waals surface area contributed by atoms with Crippen molar-refractivity contribution in [3.63, 3.8) is 0 Å². The van der Waals surface area contributed by atoms with Crippen molar-refractivity contribution >= 4 is 92.4 Å². The SMILES string of the molecule is c1ccc(-c2ccc(N(c3ccc(-c4ccc5c(c4)oc4ccc6oc7ccccc7c6c45)cc3)c3cccc4c3sc3ccccc34)cc2)cc1. The third kappa shape index (κ3) is 4.51. The standard InChI is InChI=1S/C48H29NO2S/c1-2-9-30(10-3-1)31-17-22-34(23-18-31)49(40-14-8-13-37-36-11-5-7-16-45(36)52-48(37)40)35-24-19-32(20-25-35)33-21-26-39-44(29-33)51-43-28-27-42-46(47(39)43)38-12-4-6-15-41(38)50-42/h1-29H. The number of nitrogens with zero attached hydrogens (tertiary/aromatic N) is 1. The Morgan fingerprint density at radius 2 is 0.923 bits per heavy atom. The normalized spacial score (nSPS) is 11.8. The Bertz CT molecular complexity index is 3110. The minimum Gasteiger partial charge on any atom is -0.456 e. The Labute approximate surface area is 303 Å². The summed E-state index contributed by atoms with van der Waals surface area (Å²) in [6.07, 6.45) is 0. The maximum Gasteiger partial charge on any atom is 0.136 e. The van der Waals surface area contributed by atoms with Crippen molar-refractivity contribution in [2.45, 2.75) is 0 Å². The van der Waals surface area contributed by atoms with Gasteiger partial charge in [-0.25, -0.2) is 0 Å². The van der Waals surface area contributed by atoms with E-state index in [1.807, 2.05) is 35.6 Å². The third-order valence-corrected chi connectivity index (χ3v) is 11.5. The highest BCUT2D eigenvalue weighted by molar-refractivity contribution is 7.26. The first-order valence-electron chi connectivity index (χ1n) is 17.5. The van der Waals surface area contributed by atoms with Crippen molar-refractivity contribution in [2.75, 3.05) is 4.90 Å². The maximum atomic E-state index is 6.48. The Kier molecular flexibility index (Phi) is 6.42. The molecule has 11 rings (SSSR count). The van der Waals surface area contributed by atoms with Crippen LogP contribution in [0.5, 0.6) is 0 Å². The van der Waals surface area contributed by atoms with Crippen LogP contribution in [0.15, 0.2) is 185 Å². The molecule has 0 atom stereocenters. The van der Waals surface area contributed by atoms with Crippen molar-refractivity contribution in [2.24, 2.45) is 0 Å². The second-order valence-corrected chi connectivity index (χ2v) is 14.3. The maximum absolute atomic E-state index is 6.48. The molecule has 3 nitrogen and oxygen atoms in total.